The van der Waals surface area contributed by atoms with E-state index in [-0.39, 0.29) is 23.1 Å². The Balaban J connectivity index is 1.96. The number of anilines is 2. The average Bonchev–Trinajstić information content (AvgIpc) is 2.73. The SMILES string of the molecule is COC(=O)c1ccc(Oc2ncnc(N(C)c3ccccc3)c2[N+](=O)[O-])cc1. The maximum Gasteiger partial charge on any atom is 0.373 e. The summed E-state index contributed by atoms with van der Waals surface area (Å²) < 4.78 is 10.2. The lowest BCUT2D eigenvalue weighted by Crippen LogP contribution is -2.14. The number of ether oxygens (including phenoxy) is 2. The third-order valence-corrected chi connectivity index (χ3v) is 3.90. The summed E-state index contributed by atoms with van der Waals surface area (Å²) in [5.41, 5.74) is 0.681. The van der Waals surface area contributed by atoms with Crippen molar-refractivity contribution in [3.63, 3.8) is 0 Å². The number of benzene rings is 2. The Morgan fingerprint density at radius 2 is 1.75 bits per heavy atom. The molecule has 0 aliphatic rings. The number of para-hydroxylation sites is 1. The zero-order valence-corrected chi connectivity index (χ0v) is 15.1. The molecule has 0 saturated heterocycles. The number of nitro groups is 1. The van der Waals surface area contributed by atoms with Crippen LogP contribution in [-0.2, 0) is 4.74 Å². The Morgan fingerprint density at radius 3 is 2.36 bits per heavy atom. The minimum atomic E-state index is -0.590. The quantitative estimate of drug-likeness (QED) is 0.362. The molecule has 0 fully saturated rings. The molecule has 0 N–H and O–H groups in total. The number of hydrogen-bond donors (Lipinski definition) is 0. The molecule has 0 unspecified atom stereocenters. The monoisotopic (exact) mass is 380 g/mol. The molecule has 9 nitrogen and oxygen atoms in total. The van der Waals surface area contributed by atoms with Crippen molar-refractivity contribution in [2.45, 2.75) is 0 Å². The molecule has 0 spiro atoms. The van der Waals surface area contributed by atoms with Crippen LogP contribution in [0.25, 0.3) is 0 Å². The molecule has 0 atom stereocenters. The van der Waals surface area contributed by atoms with Gasteiger partial charge in [0.05, 0.1) is 17.6 Å². The Labute approximate surface area is 160 Å². The fourth-order valence-corrected chi connectivity index (χ4v) is 2.50. The second-order valence-electron chi connectivity index (χ2n) is 5.62. The van der Waals surface area contributed by atoms with Crippen LogP contribution in [0.15, 0.2) is 60.9 Å². The van der Waals surface area contributed by atoms with Crippen LogP contribution < -0.4 is 9.64 Å². The van der Waals surface area contributed by atoms with E-state index in [0.29, 0.717) is 5.56 Å². The topological polar surface area (TPSA) is 108 Å². The van der Waals surface area contributed by atoms with Crippen LogP contribution >= 0.6 is 0 Å². The number of carbonyl (C=O) groups excluding carboxylic acids is 1. The molecule has 0 amide bonds. The van der Waals surface area contributed by atoms with E-state index in [9.17, 15) is 14.9 Å². The highest BCUT2D eigenvalue weighted by Gasteiger charge is 2.28. The van der Waals surface area contributed by atoms with Crippen molar-refractivity contribution in [1.29, 1.82) is 0 Å². The number of esters is 1. The van der Waals surface area contributed by atoms with Gasteiger partial charge in [0.25, 0.3) is 0 Å². The van der Waals surface area contributed by atoms with Crippen molar-refractivity contribution in [1.82, 2.24) is 9.97 Å². The van der Waals surface area contributed by atoms with Crippen LogP contribution in [0.5, 0.6) is 11.6 Å². The van der Waals surface area contributed by atoms with E-state index < -0.39 is 10.9 Å². The highest BCUT2D eigenvalue weighted by molar-refractivity contribution is 5.89. The number of carbonyl (C=O) groups is 1. The third-order valence-electron chi connectivity index (χ3n) is 3.90. The van der Waals surface area contributed by atoms with E-state index in [4.69, 9.17) is 4.74 Å². The molecule has 1 heterocycles. The summed E-state index contributed by atoms with van der Waals surface area (Å²) in [6.07, 6.45) is 1.19. The molecule has 0 bridgehead atoms. The van der Waals surface area contributed by atoms with Gasteiger partial charge in [-0.3, -0.25) is 10.1 Å². The Morgan fingerprint density at radius 1 is 1.07 bits per heavy atom. The van der Waals surface area contributed by atoms with Gasteiger partial charge in [-0.05, 0) is 36.4 Å². The predicted octanol–water partition coefficient (Wildman–Crippen LogP) is 3.73. The summed E-state index contributed by atoms with van der Waals surface area (Å²) in [4.78, 5) is 32.2. The highest BCUT2D eigenvalue weighted by atomic mass is 16.6. The van der Waals surface area contributed by atoms with Gasteiger partial charge in [0.1, 0.15) is 12.1 Å². The first kappa shape index (κ1) is 18.8. The van der Waals surface area contributed by atoms with E-state index in [1.54, 1.807) is 24.1 Å². The minimum absolute atomic E-state index is 0.0902. The third kappa shape index (κ3) is 3.88. The highest BCUT2D eigenvalue weighted by Crippen LogP contribution is 2.37. The van der Waals surface area contributed by atoms with Crippen molar-refractivity contribution >= 4 is 23.2 Å². The lowest BCUT2D eigenvalue weighted by atomic mass is 10.2. The van der Waals surface area contributed by atoms with Crippen LogP contribution in [0.2, 0.25) is 0 Å². The van der Waals surface area contributed by atoms with E-state index in [0.717, 1.165) is 5.69 Å². The molecule has 142 valence electrons. The first-order valence-corrected chi connectivity index (χ1v) is 8.15. The molecular weight excluding hydrogens is 364 g/mol. The molecule has 28 heavy (non-hydrogen) atoms. The molecule has 0 saturated carbocycles. The van der Waals surface area contributed by atoms with Gasteiger partial charge in [0, 0.05) is 12.7 Å². The maximum absolute atomic E-state index is 11.7. The molecule has 0 aliphatic carbocycles. The summed E-state index contributed by atoms with van der Waals surface area (Å²) in [5, 5.41) is 11.7. The van der Waals surface area contributed by atoms with Gasteiger partial charge in [-0.1, -0.05) is 18.2 Å². The average molecular weight is 380 g/mol. The summed E-state index contributed by atoms with van der Waals surface area (Å²) >= 11 is 0. The van der Waals surface area contributed by atoms with Crippen LogP contribution in [0, 0.1) is 10.1 Å². The molecule has 9 heteroatoms. The minimum Gasteiger partial charge on any atom is -0.465 e. The van der Waals surface area contributed by atoms with Crippen LogP contribution in [0.3, 0.4) is 0 Å². The second kappa shape index (κ2) is 8.12. The van der Waals surface area contributed by atoms with Gasteiger partial charge >= 0.3 is 17.5 Å². The fourth-order valence-electron chi connectivity index (χ4n) is 2.50. The summed E-state index contributed by atoms with van der Waals surface area (Å²) in [6.45, 7) is 0. The molecular formula is C19H16N4O5. The molecule has 1 aromatic heterocycles. The summed E-state index contributed by atoms with van der Waals surface area (Å²) in [6, 6.07) is 15.1. The van der Waals surface area contributed by atoms with Gasteiger partial charge in [-0.2, -0.15) is 4.98 Å². The number of nitrogens with zero attached hydrogens (tertiary/aromatic N) is 4. The zero-order chi connectivity index (χ0) is 20.1. The zero-order valence-electron chi connectivity index (χ0n) is 15.1. The van der Waals surface area contributed by atoms with Crippen LogP contribution in [0.4, 0.5) is 17.2 Å². The lowest BCUT2D eigenvalue weighted by molar-refractivity contribution is -0.385. The molecule has 2 aromatic carbocycles. The number of rotatable bonds is 6. The van der Waals surface area contributed by atoms with Crippen LogP contribution in [0.1, 0.15) is 10.4 Å². The number of aromatic nitrogens is 2. The van der Waals surface area contributed by atoms with E-state index in [1.807, 2.05) is 18.2 Å². The molecule has 0 aliphatic heterocycles. The van der Waals surface area contributed by atoms with Gasteiger partial charge in [0.2, 0.25) is 5.82 Å². The molecule has 0 radical (unpaired) electrons. The Hall–Kier alpha value is -4.01. The van der Waals surface area contributed by atoms with Crippen molar-refractivity contribution in [3.05, 3.63) is 76.6 Å². The normalized spacial score (nSPS) is 10.2. The van der Waals surface area contributed by atoms with Crippen LogP contribution in [-0.4, -0.2) is 35.0 Å². The van der Waals surface area contributed by atoms with Crippen molar-refractivity contribution < 1.29 is 19.2 Å². The predicted molar refractivity (Wildman–Crippen MR) is 101 cm³/mol. The second-order valence-corrected chi connectivity index (χ2v) is 5.62. The van der Waals surface area contributed by atoms with Gasteiger partial charge in [-0.25, -0.2) is 9.78 Å². The van der Waals surface area contributed by atoms with Crippen molar-refractivity contribution in [3.8, 4) is 11.6 Å². The largest absolute Gasteiger partial charge is 0.465 e. The first-order chi connectivity index (χ1) is 13.5. The molecule has 3 aromatic rings. The van der Waals surface area contributed by atoms with Gasteiger partial charge in [-0.15, -0.1) is 0 Å². The van der Waals surface area contributed by atoms with Crippen molar-refractivity contribution in [2.24, 2.45) is 0 Å². The fraction of sp³-hybridized carbons (Fsp3) is 0.105. The molecule has 3 rings (SSSR count). The van der Waals surface area contributed by atoms with E-state index in [2.05, 4.69) is 14.7 Å². The van der Waals surface area contributed by atoms with Gasteiger partial charge < -0.3 is 14.4 Å². The first-order valence-electron chi connectivity index (χ1n) is 8.15. The Bertz CT molecular complexity index is 993. The number of methoxy groups -OCH3 is 1. The van der Waals surface area contributed by atoms with Gasteiger partial charge in [0.15, 0.2) is 0 Å². The smallest absolute Gasteiger partial charge is 0.373 e. The lowest BCUT2D eigenvalue weighted by Gasteiger charge is -2.18. The number of hydrogen-bond acceptors (Lipinski definition) is 8. The van der Waals surface area contributed by atoms with E-state index in [1.165, 1.54) is 37.7 Å². The maximum atomic E-state index is 11.7. The summed E-state index contributed by atoms with van der Waals surface area (Å²) in [7, 11) is 2.95. The van der Waals surface area contributed by atoms with Crippen molar-refractivity contribution in [2.75, 3.05) is 19.1 Å². The van der Waals surface area contributed by atoms with E-state index >= 15 is 0 Å². The summed E-state index contributed by atoms with van der Waals surface area (Å²) in [5.74, 6) is -0.329. The standard InChI is InChI=1S/C19H16N4O5/c1-22(14-6-4-3-5-7-14)17-16(23(25)26)18(21-12-20-17)28-15-10-8-13(9-11-15)19(24)27-2/h3-12H,1-2H3. The Kier molecular flexibility index (Phi) is 5.45.